The van der Waals surface area contributed by atoms with Crippen molar-refractivity contribution in [3.05, 3.63) is 26.6 Å². The third-order valence-corrected chi connectivity index (χ3v) is 7.00. The van der Waals surface area contributed by atoms with Gasteiger partial charge in [0.05, 0.1) is 13.3 Å². The van der Waals surface area contributed by atoms with Crippen LogP contribution in [0.2, 0.25) is 0 Å². The molecule has 160 valence electrons. The van der Waals surface area contributed by atoms with Gasteiger partial charge in [-0.05, 0) is 62.3 Å². The van der Waals surface area contributed by atoms with Gasteiger partial charge in [0, 0.05) is 30.1 Å². The second-order valence-corrected chi connectivity index (χ2v) is 10.9. The van der Waals surface area contributed by atoms with Crippen LogP contribution in [0.15, 0.2) is 18.2 Å². The number of benzene rings is 1. The zero-order chi connectivity index (χ0) is 21.3. The molecule has 3 rings (SSSR count). The Morgan fingerprint density at radius 2 is 1.93 bits per heavy atom. The first-order valence-electron chi connectivity index (χ1n) is 9.44. The summed E-state index contributed by atoms with van der Waals surface area (Å²) in [4.78, 5) is 13.9. The Balaban J connectivity index is 1.71. The van der Waals surface area contributed by atoms with Gasteiger partial charge in [0.15, 0.2) is 6.17 Å². The van der Waals surface area contributed by atoms with Crippen molar-refractivity contribution in [1.82, 2.24) is 4.90 Å². The molecule has 1 amide bonds. The predicted molar refractivity (Wildman–Crippen MR) is 119 cm³/mol. The predicted octanol–water partition coefficient (Wildman–Crippen LogP) is 6.59. The van der Waals surface area contributed by atoms with E-state index in [2.05, 4.69) is 5.32 Å². The van der Waals surface area contributed by atoms with Crippen LogP contribution in [0.4, 0.5) is 23.7 Å². The van der Waals surface area contributed by atoms with Crippen molar-refractivity contribution in [2.75, 3.05) is 18.4 Å². The third kappa shape index (κ3) is 5.28. The summed E-state index contributed by atoms with van der Waals surface area (Å²) in [5, 5.41) is 3.99. The molecule has 0 spiro atoms. The van der Waals surface area contributed by atoms with Crippen molar-refractivity contribution in [1.29, 1.82) is 0 Å². The largest absolute Gasteiger partial charge is 0.444 e. The number of ether oxygens (including phenoxy) is 1. The SMILES string of the molecule is CC(C)(C)OC(=O)N1CCC(Nc2cccc3c(C(F)C(F)F)c(I)sc23)CC1. The van der Waals surface area contributed by atoms with Crippen LogP contribution in [0.5, 0.6) is 0 Å². The quantitative estimate of drug-likeness (QED) is 0.445. The van der Waals surface area contributed by atoms with Crippen LogP contribution in [0.25, 0.3) is 10.1 Å². The fourth-order valence-electron chi connectivity index (χ4n) is 3.36. The van der Waals surface area contributed by atoms with Crippen molar-refractivity contribution in [2.24, 2.45) is 0 Å². The maximum absolute atomic E-state index is 14.1. The highest BCUT2D eigenvalue weighted by atomic mass is 127. The van der Waals surface area contributed by atoms with Crippen LogP contribution in [-0.4, -0.2) is 42.2 Å². The average molecular weight is 540 g/mol. The van der Waals surface area contributed by atoms with Gasteiger partial charge in [-0.2, -0.15) is 0 Å². The van der Waals surface area contributed by atoms with Crippen molar-refractivity contribution in [2.45, 2.75) is 57.9 Å². The number of anilines is 1. The number of thiophene rings is 1. The number of nitrogens with one attached hydrogen (secondary N) is 1. The Labute approximate surface area is 185 Å². The number of nitrogens with zero attached hydrogens (tertiary/aromatic N) is 1. The van der Waals surface area contributed by atoms with Gasteiger partial charge in [-0.1, -0.05) is 12.1 Å². The molecule has 0 aliphatic carbocycles. The van der Waals surface area contributed by atoms with Crippen molar-refractivity contribution in [3.63, 3.8) is 0 Å². The molecular weight excluding hydrogens is 516 g/mol. The van der Waals surface area contributed by atoms with Crippen LogP contribution in [-0.2, 0) is 4.74 Å². The smallest absolute Gasteiger partial charge is 0.410 e. The Kier molecular flexibility index (Phi) is 6.87. The van der Waals surface area contributed by atoms with E-state index in [4.69, 9.17) is 4.74 Å². The summed E-state index contributed by atoms with van der Waals surface area (Å²) in [6.07, 6.45) is -4.16. The number of fused-ring (bicyclic) bond motifs is 1. The zero-order valence-corrected chi connectivity index (χ0v) is 19.5. The lowest BCUT2D eigenvalue weighted by Crippen LogP contribution is -2.44. The molecule has 1 fully saturated rings. The first-order chi connectivity index (χ1) is 13.6. The Hall–Kier alpha value is -1.23. The summed E-state index contributed by atoms with van der Waals surface area (Å²) >= 11 is 3.25. The monoisotopic (exact) mass is 540 g/mol. The van der Waals surface area contributed by atoms with Crippen molar-refractivity contribution < 1.29 is 22.7 Å². The van der Waals surface area contributed by atoms with Crippen LogP contribution in [0.3, 0.4) is 0 Å². The van der Waals surface area contributed by atoms with Crippen LogP contribution < -0.4 is 5.32 Å². The number of piperidine rings is 1. The molecule has 1 N–H and O–H groups in total. The number of carbonyl (C=O) groups excluding carboxylic acids is 1. The Morgan fingerprint density at radius 1 is 1.28 bits per heavy atom. The maximum Gasteiger partial charge on any atom is 0.410 e. The molecule has 1 aliphatic heterocycles. The van der Waals surface area contributed by atoms with Crippen molar-refractivity contribution in [3.8, 4) is 0 Å². The molecule has 2 heterocycles. The summed E-state index contributed by atoms with van der Waals surface area (Å²) < 4.78 is 46.7. The van der Waals surface area contributed by atoms with E-state index in [9.17, 15) is 18.0 Å². The molecule has 4 nitrogen and oxygen atoms in total. The molecule has 2 aromatic rings. The number of carbonyl (C=O) groups is 1. The van der Waals surface area contributed by atoms with Gasteiger partial charge in [0.2, 0.25) is 0 Å². The molecule has 1 aromatic heterocycles. The molecule has 0 bridgehead atoms. The molecule has 1 unspecified atom stereocenters. The summed E-state index contributed by atoms with van der Waals surface area (Å²) in [5.41, 5.74) is 0.361. The molecule has 9 heteroatoms. The highest BCUT2D eigenvalue weighted by molar-refractivity contribution is 14.1. The second-order valence-electron chi connectivity index (χ2n) is 8.09. The molecule has 1 aliphatic rings. The van der Waals surface area contributed by atoms with E-state index in [-0.39, 0.29) is 17.7 Å². The topological polar surface area (TPSA) is 41.6 Å². The average Bonchev–Trinajstić information content (AvgIpc) is 2.97. The number of rotatable bonds is 4. The van der Waals surface area contributed by atoms with E-state index >= 15 is 0 Å². The lowest BCUT2D eigenvalue weighted by Gasteiger charge is -2.34. The molecule has 1 atom stereocenters. The number of hydrogen-bond donors (Lipinski definition) is 1. The van der Waals surface area contributed by atoms with Gasteiger partial charge in [-0.25, -0.2) is 18.0 Å². The molecular formula is C20H24F3IN2O2S. The number of amides is 1. The minimum Gasteiger partial charge on any atom is -0.444 e. The summed E-state index contributed by atoms with van der Waals surface area (Å²) in [5.74, 6) is 0. The van der Waals surface area contributed by atoms with Gasteiger partial charge in [-0.3, -0.25) is 0 Å². The number of halogens is 4. The standard InChI is InChI=1S/C20H24F3IN2O2S/c1-20(2,3)28-19(27)26-9-7-11(8-10-26)25-13-6-4-5-12-14(15(21)17(22)23)18(24)29-16(12)13/h4-6,11,15,17,25H,7-10H2,1-3H3. The summed E-state index contributed by atoms with van der Waals surface area (Å²) in [6.45, 7) is 6.67. The minimum absolute atomic E-state index is 0.0731. The Bertz CT molecular complexity index is 876. The van der Waals surface area contributed by atoms with Crippen LogP contribution in [0, 0.1) is 2.88 Å². The maximum atomic E-state index is 14.1. The number of hydrogen-bond acceptors (Lipinski definition) is 4. The van der Waals surface area contributed by atoms with E-state index in [1.54, 1.807) is 17.0 Å². The van der Waals surface area contributed by atoms with E-state index in [1.165, 1.54) is 11.3 Å². The van der Waals surface area contributed by atoms with Crippen molar-refractivity contribution >= 4 is 55.8 Å². The highest BCUT2D eigenvalue weighted by Gasteiger charge is 2.30. The number of likely N-dealkylation sites (tertiary alicyclic amines) is 1. The van der Waals surface area contributed by atoms with Crippen LogP contribution in [0.1, 0.15) is 45.3 Å². The van der Waals surface area contributed by atoms with E-state index < -0.39 is 18.2 Å². The molecule has 1 aromatic carbocycles. The molecule has 1 saturated heterocycles. The lowest BCUT2D eigenvalue weighted by molar-refractivity contribution is 0.0210. The van der Waals surface area contributed by atoms with Gasteiger partial charge in [0.1, 0.15) is 5.60 Å². The molecule has 0 radical (unpaired) electrons. The lowest BCUT2D eigenvalue weighted by atomic mass is 10.0. The minimum atomic E-state index is -3.05. The first-order valence-corrected chi connectivity index (χ1v) is 11.3. The van der Waals surface area contributed by atoms with Gasteiger partial charge >= 0.3 is 6.09 Å². The van der Waals surface area contributed by atoms with Crippen LogP contribution >= 0.6 is 33.9 Å². The second kappa shape index (κ2) is 8.87. The van der Waals surface area contributed by atoms with E-state index in [0.29, 0.717) is 21.4 Å². The normalized spacial score (nSPS) is 17.0. The number of alkyl halides is 3. The fraction of sp³-hybridized carbons (Fsp3) is 0.550. The van der Waals surface area contributed by atoms with E-state index in [1.807, 2.05) is 49.4 Å². The summed E-state index contributed by atoms with van der Waals surface area (Å²) in [7, 11) is 0. The highest BCUT2D eigenvalue weighted by Crippen LogP contribution is 2.43. The fourth-order valence-corrected chi connectivity index (χ4v) is 5.64. The van der Waals surface area contributed by atoms with Gasteiger partial charge in [0.25, 0.3) is 6.43 Å². The Morgan fingerprint density at radius 3 is 2.52 bits per heavy atom. The molecule has 0 saturated carbocycles. The first kappa shape index (κ1) is 22.5. The summed E-state index contributed by atoms with van der Waals surface area (Å²) in [6, 6.07) is 5.47. The van der Waals surface area contributed by atoms with Gasteiger partial charge < -0.3 is 15.0 Å². The van der Waals surface area contributed by atoms with E-state index in [0.717, 1.165) is 23.2 Å². The third-order valence-electron chi connectivity index (χ3n) is 4.71. The zero-order valence-electron chi connectivity index (χ0n) is 16.5. The van der Waals surface area contributed by atoms with Gasteiger partial charge in [-0.15, -0.1) is 11.3 Å². The molecule has 29 heavy (non-hydrogen) atoms.